The third kappa shape index (κ3) is 1.39. The van der Waals surface area contributed by atoms with Gasteiger partial charge < -0.3 is 4.74 Å². The first-order valence-corrected chi connectivity index (χ1v) is 5.25. The fourth-order valence-corrected chi connectivity index (χ4v) is 2.14. The van der Waals surface area contributed by atoms with Gasteiger partial charge in [0.2, 0.25) is 0 Å². The predicted octanol–water partition coefficient (Wildman–Crippen LogP) is 2.67. The van der Waals surface area contributed by atoms with E-state index >= 15 is 0 Å². The Kier molecular flexibility index (Phi) is 2.46. The van der Waals surface area contributed by atoms with Gasteiger partial charge in [-0.2, -0.15) is 5.10 Å². The largest absolute Gasteiger partial charge is 0.495 e. The summed E-state index contributed by atoms with van der Waals surface area (Å²) in [6.07, 6.45) is 4.74. The van der Waals surface area contributed by atoms with Gasteiger partial charge in [-0.3, -0.25) is 0 Å². The lowest BCUT2D eigenvalue weighted by Crippen LogP contribution is -1.91. The summed E-state index contributed by atoms with van der Waals surface area (Å²) in [5.74, 6) is 0.801. The van der Waals surface area contributed by atoms with Crippen LogP contribution in [0.2, 0.25) is 0 Å². The van der Waals surface area contributed by atoms with Crippen molar-refractivity contribution in [3.63, 3.8) is 0 Å². The van der Waals surface area contributed by atoms with E-state index < -0.39 is 0 Å². The van der Waals surface area contributed by atoms with Gasteiger partial charge in [0.25, 0.3) is 0 Å². The molecule has 2 rings (SSSR count). The minimum absolute atomic E-state index is 0.801. The van der Waals surface area contributed by atoms with Crippen molar-refractivity contribution in [2.75, 3.05) is 7.11 Å². The van der Waals surface area contributed by atoms with Gasteiger partial charge in [0.15, 0.2) is 0 Å². The van der Waals surface area contributed by atoms with E-state index in [0.29, 0.717) is 0 Å². The lowest BCUT2D eigenvalue weighted by Gasteiger charge is -2.03. The van der Waals surface area contributed by atoms with E-state index in [-0.39, 0.29) is 0 Å². The van der Waals surface area contributed by atoms with Crippen LogP contribution in [0.3, 0.4) is 0 Å². The molecular formula is C10H11BrN2O. The molecule has 0 aromatic carbocycles. The molecule has 0 N–H and O–H groups in total. The van der Waals surface area contributed by atoms with Crippen LogP contribution in [-0.4, -0.2) is 16.7 Å². The van der Waals surface area contributed by atoms with Gasteiger partial charge in [0.05, 0.1) is 25.0 Å². The number of rotatable bonds is 2. The molecule has 0 unspecified atom stereocenters. The van der Waals surface area contributed by atoms with Crippen molar-refractivity contribution in [2.45, 2.75) is 13.3 Å². The normalized spacial score (nSPS) is 10.8. The molecule has 0 bridgehead atoms. The Labute approximate surface area is 90.8 Å². The van der Waals surface area contributed by atoms with Gasteiger partial charge in [-0.05, 0) is 34.0 Å². The van der Waals surface area contributed by atoms with Crippen molar-refractivity contribution in [1.82, 2.24) is 9.61 Å². The van der Waals surface area contributed by atoms with E-state index in [0.717, 1.165) is 22.2 Å². The number of methoxy groups -OCH3 is 1. The number of nitrogens with zero attached hydrogens (tertiary/aromatic N) is 2. The van der Waals surface area contributed by atoms with E-state index in [1.54, 1.807) is 7.11 Å². The van der Waals surface area contributed by atoms with Crippen molar-refractivity contribution >= 4 is 21.4 Å². The van der Waals surface area contributed by atoms with E-state index in [4.69, 9.17) is 4.74 Å². The second-order valence-electron chi connectivity index (χ2n) is 3.04. The highest BCUT2D eigenvalue weighted by molar-refractivity contribution is 9.10. The number of pyridine rings is 1. The highest BCUT2D eigenvalue weighted by Gasteiger charge is 2.07. The van der Waals surface area contributed by atoms with Gasteiger partial charge in [-0.1, -0.05) is 6.92 Å². The Morgan fingerprint density at radius 3 is 3.00 bits per heavy atom. The number of aromatic nitrogens is 2. The second kappa shape index (κ2) is 3.61. The maximum atomic E-state index is 5.16. The van der Waals surface area contributed by atoms with E-state index in [1.807, 2.05) is 23.0 Å². The molecule has 0 radical (unpaired) electrons. The smallest absolute Gasteiger partial charge is 0.138 e. The molecule has 0 atom stereocenters. The van der Waals surface area contributed by atoms with Crippen molar-refractivity contribution in [3.8, 4) is 5.75 Å². The summed E-state index contributed by atoms with van der Waals surface area (Å²) >= 11 is 3.52. The van der Waals surface area contributed by atoms with Crippen molar-refractivity contribution < 1.29 is 4.74 Å². The number of hydrogen-bond donors (Lipinski definition) is 0. The molecule has 2 aromatic rings. The molecule has 0 saturated heterocycles. The van der Waals surface area contributed by atoms with Gasteiger partial charge in [-0.15, -0.1) is 0 Å². The van der Waals surface area contributed by atoms with Gasteiger partial charge in [0.1, 0.15) is 5.75 Å². The third-order valence-electron chi connectivity index (χ3n) is 2.23. The first kappa shape index (κ1) is 9.52. The number of aryl methyl sites for hydroxylation is 1. The van der Waals surface area contributed by atoms with Crippen LogP contribution in [0, 0.1) is 0 Å². The molecule has 0 amide bonds. The van der Waals surface area contributed by atoms with Crippen LogP contribution in [-0.2, 0) is 6.42 Å². The number of halogens is 1. The number of ether oxygens (including phenoxy) is 1. The Bertz CT molecular complexity index is 464. The van der Waals surface area contributed by atoms with Crippen LogP contribution in [0.5, 0.6) is 5.75 Å². The number of fused-ring (bicyclic) bond motifs is 1. The van der Waals surface area contributed by atoms with Crippen molar-refractivity contribution in [1.29, 1.82) is 0 Å². The van der Waals surface area contributed by atoms with Gasteiger partial charge in [0, 0.05) is 4.47 Å². The molecule has 3 nitrogen and oxygen atoms in total. The molecule has 0 saturated carbocycles. The Morgan fingerprint density at radius 2 is 2.36 bits per heavy atom. The highest BCUT2D eigenvalue weighted by Crippen LogP contribution is 2.26. The maximum absolute atomic E-state index is 5.16. The molecule has 0 spiro atoms. The molecule has 0 fully saturated rings. The van der Waals surface area contributed by atoms with E-state index in [2.05, 4.69) is 28.0 Å². The molecule has 74 valence electrons. The third-order valence-corrected chi connectivity index (χ3v) is 2.84. The zero-order valence-electron chi connectivity index (χ0n) is 8.12. The molecule has 2 heterocycles. The van der Waals surface area contributed by atoms with Gasteiger partial charge in [-0.25, -0.2) is 4.52 Å². The predicted molar refractivity (Wildman–Crippen MR) is 58.8 cm³/mol. The van der Waals surface area contributed by atoms with Crippen LogP contribution in [0.25, 0.3) is 5.52 Å². The van der Waals surface area contributed by atoms with Crippen molar-refractivity contribution in [3.05, 3.63) is 28.5 Å². The lowest BCUT2D eigenvalue weighted by molar-refractivity contribution is 0.411. The molecule has 4 heteroatoms. The van der Waals surface area contributed by atoms with Crippen LogP contribution in [0.1, 0.15) is 12.5 Å². The highest BCUT2D eigenvalue weighted by atomic mass is 79.9. The summed E-state index contributed by atoms with van der Waals surface area (Å²) in [7, 11) is 1.65. The van der Waals surface area contributed by atoms with Crippen LogP contribution < -0.4 is 4.74 Å². The first-order chi connectivity index (χ1) is 6.76. The summed E-state index contributed by atoms with van der Waals surface area (Å²) in [6, 6.07) is 1.95. The molecule has 0 aliphatic rings. The maximum Gasteiger partial charge on any atom is 0.138 e. The van der Waals surface area contributed by atoms with E-state index in [1.165, 1.54) is 5.56 Å². The standard InChI is InChI=1S/C10H11BrN2O/c1-3-7-5-12-13-6-8(14-2)4-9(11)10(7)13/h4-6H,3H2,1-2H3. The van der Waals surface area contributed by atoms with Crippen LogP contribution in [0.15, 0.2) is 22.9 Å². The summed E-state index contributed by atoms with van der Waals surface area (Å²) in [5.41, 5.74) is 2.35. The van der Waals surface area contributed by atoms with Crippen molar-refractivity contribution in [2.24, 2.45) is 0 Å². The lowest BCUT2D eigenvalue weighted by atomic mass is 10.2. The fraction of sp³-hybridized carbons (Fsp3) is 0.300. The monoisotopic (exact) mass is 254 g/mol. The second-order valence-corrected chi connectivity index (χ2v) is 3.90. The summed E-state index contributed by atoms with van der Waals surface area (Å²) in [4.78, 5) is 0. The van der Waals surface area contributed by atoms with Crippen LogP contribution >= 0.6 is 15.9 Å². The average molecular weight is 255 g/mol. The van der Waals surface area contributed by atoms with Gasteiger partial charge >= 0.3 is 0 Å². The topological polar surface area (TPSA) is 26.5 Å². The SMILES string of the molecule is CCc1cnn2cc(OC)cc(Br)c12. The minimum atomic E-state index is 0.801. The average Bonchev–Trinajstić information content (AvgIpc) is 2.61. The Morgan fingerprint density at radius 1 is 1.57 bits per heavy atom. The van der Waals surface area contributed by atoms with Crippen LogP contribution in [0.4, 0.5) is 0 Å². The fourth-order valence-electron chi connectivity index (χ4n) is 1.48. The summed E-state index contributed by atoms with van der Waals surface area (Å²) in [6.45, 7) is 2.12. The molecule has 0 aliphatic heterocycles. The minimum Gasteiger partial charge on any atom is -0.495 e. The zero-order valence-corrected chi connectivity index (χ0v) is 9.71. The summed E-state index contributed by atoms with van der Waals surface area (Å²) in [5, 5.41) is 4.27. The molecule has 2 aromatic heterocycles. The summed E-state index contributed by atoms with van der Waals surface area (Å²) < 4.78 is 8.01. The zero-order chi connectivity index (χ0) is 10.1. The first-order valence-electron chi connectivity index (χ1n) is 4.46. The van der Waals surface area contributed by atoms with E-state index in [9.17, 15) is 0 Å². The quantitative estimate of drug-likeness (QED) is 0.824. The molecular weight excluding hydrogens is 244 g/mol. The number of hydrogen-bond acceptors (Lipinski definition) is 2. The molecule has 14 heavy (non-hydrogen) atoms. The molecule has 0 aliphatic carbocycles. The Balaban J connectivity index is 2.72. The Hall–Kier alpha value is -1.03.